The molecule has 2 aromatic carbocycles. The number of alkyl halides is 5. The van der Waals surface area contributed by atoms with Gasteiger partial charge in [0.25, 0.3) is 5.92 Å². The van der Waals surface area contributed by atoms with Gasteiger partial charge in [0.15, 0.2) is 12.4 Å². The van der Waals surface area contributed by atoms with Gasteiger partial charge in [0.1, 0.15) is 17.4 Å². The van der Waals surface area contributed by atoms with E-state index in [1.165, 1.54) is 6.08 Å². The number of carbonyl (C=O) groups is 1. The van der Waals surface area contributed by atoms with Crippen molar-refractivity contribution in [1.82, 2.24) is 19.8 Å². The maximum absolute atomic E-state index is 14.0. The van der Waals surface area contributed by atoms with Gasteiger partial charge in [-0.3, -0.25) is 9.69 Å². The number of halogens is 5. The summed E-state index contributed by atoms with van der Waals surface area (Å²) in [5.74, 6) is -2.33. The molecule has 1 aromatic heterocycles. The van der Waals surface area contributed by atoms with Crippen molar-refractivity contribution in [3.05, 3.63) is 47.5 Å². The van der Waals surface area contributed by atoms with Crippen LogP contribution in [0.5, 0.6) is 11.8 Å². The molecule has 0 unspecified atom stereocenters. The Kier molecular flexibility index (Phi) is 9.01. The van der Waals surface area contributed by atoms with Crippen molar-refractivity contribution < 1.29 is 36.2 Å². The number of carbonyl (C=O) groups excluding carboxylic acids is 1. The molecule has 3 aromatic rings. The number of piperidine rings is 1. The standard InChI is InChI=1S/C39H44F5N7O3/c1-3-30(52)51-18-37(19-51)8-11-49(12-9-37)35-27-16-26(23-5-6-23)32(31-22(2)4-7-29(46)28(31)17-45)34(53-21-39(42,43)44)33(27)47-36(48-35)54-25-14-24(15-25)50-13-10-38(40,41)20-50/h3-4,7,16-17,23-25,45H,1,5-6,8-15,18-21,46H2,2H3/t24-,25+. The molecule has 0 radical (unpaired) electrons. The highest BCUT2D eigenvalue weighted by Gasteiger charge is 2.48. The average molecular weight is 754 g/mol. The Hall–Kier alpha value is -4.53. The maximum atomic E-state index is 14.0. The number of ether oxygens (including phenoxy) is 2. The van der Waals surface area contributed by atoms with E-state index in [9.17, 15) is 26.7 Å². The van der Waals surface area contributed by atoms with Crippen LogP contribution in [0.1, 0.15) is 67.6 Å². The molecule has 15 heteroatoms. The number of nitrogens with one attached hydrogen (secondary N) is 1. The Morgan fingerprint density at radius 1 is 1.07 bits per heavy atom. The van der Waals surface area contributed by atoms with Crippen LogP contribution in [0, 0.1) is 17.7 Å². The number of aryl methyl sites for hydroxylation is 1. The van der Waals surface area contributed by atoms with Crippen LogP contribution < -0.4 is 20.1 Å². The van der Waals surface area contributed by atoms with Crippen molar-refractivity contribution in [1.29, 1.82) is 5.41 Å². The van der Waals surface area contributed by atoms with Crippen LogP contribution in [0.4, 0.5) is 33.5 Å². The van der Waals surface area contributed by atoms with Gasteiger partial charge >= 0.3 is 12.2 Å². The summed E-state index contributed by atoms with van der Waals surface area (Å²) >= 11 is 0. The van der Waals surface area contributed by atoms with E-state index in [-0.39, 0.29) is 59.6 Å². The highest BCUT2D eigenvalue weighted by Crippen LogP contribution is 2.53. The van der Waals surface area contributed by atoms with E-state index >= 15 is 0 Å². The van der Waals surface area contributed by atoms with Crippen LogP contribution in [0.25, 0.3) is 22.0 Å². The molecular formula is C39H44F5N7O3. The molecule has 8 rings (SSSR count). The molecule has 5 aliphatic rings. The van der Waals surface area contributed by atoms with Gasteiger partial charge in [-0.25, -0.2) is 8.78 Å². The highest BCUT2D eigenvalue weighted by atomic mass is 19.4. The molecule has 5 fully saturated rings. The fourth-order valence-corrected chi connectivity index (χ4v) is 8.73. The lowest BCUT2D eigenvalue weighted by Gasteiger charge is -2.54. The smallest absolute Gasteiger partial charge is 0.422 e. The Morgan fingerprint density at radius 3 is 2.41 bits per heavy atom. The first-order valence-corrected chi connectivity index (χ1v) is 18.6. The highest BCUT2D eigenvalue weighted by molar-refractivity contribution is 6.05. The summed E-state index contributed by atoms with van der Waals surface area (Å²) in [6.07, 6.45) is 1.42. The van der Waals surface area contributed by atoms with Crippen molar-refractivity contribution in [2.45, 2.75) is 82.0 Å². The second kappa shape index (κ2) is 13.3. The van der Waals surface area contributed by atoms with Crippen LogP contribution in [0.2, 0.25) is 0 Å². The number of hydrogen-bond donors (Lipinski definition) is 2. The predicted octanol–water partition coefficient (Wildman–Crippen LogP) is 6.87. The zero-order valence-corrected chi connectivity index (χ0v) is 30.2. The second-order valence-electron chi connectivity index (χ2n) is 15.8. The Labute approximate surface area is 310 Å². The third-order valence-electron chi connectivity index (χ3n) is 11.9. The van der Waals surface area contributed by atoms with E-state index < -0.39 is 18.7 Å². The minimum Gasteiger partial charge on any atom is -0.481 e. The van der Waals surface area contributed by atoms with Gasteiger partial charge in [-0.15, -0.1) is 0 Å². The van der Waals surface area contributed by atoms with Crippen LogP contribution in [0.15, 0.2) is 30.9 Å². The Balaban J connectivity index is 1.23. The third-order valence-corrected chi connectivity index (χ3v) is 11.9. The number of nitrogens with zero attached hydrogens (tertiary/aromatic N) is 5. The SMILES string of the molecule is C=CC(=O)N1CC2(CCN(c3nc(O[C@H]4C[C@@H](N5CCC(F)(F)C5)C4)nc4c(OCC(F)(F)F)c(-c5c(C)ccc(N)c5C=N)c(C5CC5)cc34)CC2)C1. The number of nitrogen functional groups attached to an aromatic ring is 1. The van der Waals surface area contributed by atoms with Gasteiger partial charge in [-0.1, -0.05) is 12.6 Å². The van der Waals surface area contributed by atoms with Crippen molar-refractivity contribution in [3.8, 4) is 22.9 Å². The molecule has 288 valence electrons. The van der Waals surface area contributed by atoms with Gasteiger partial charge in [0, 0.05) is 91.9 Å². The predicted molar refractivity (Wildman–Crippen MR) is 195 cm³/mol. The number of fused-ring (bicyclic) bond motifs is 1. The van der Waals surface area contributed by atoms with Crippen LogP contribution >= 0.6 is 0 Å². The molecule has 2 aliphatic carbocycles. The molecule has 0 atom stereocenters. The maximum Gasteiger partial charge on any atom is 0.422 e. The summed E-state index contributed by atoms with van der Waals surface area (Å²) in [5, 5.41) is 8.79. The first kappa shape index (κ1) is 36.4. The van der Waals surface area contributed by atoms with Gasteiger partial charge < -0.3 is 30.4 Å². The molecule has 3 N–H and O–H groups in total. The lowest BCUT2D eigenvalue weighted by atomic mass is 9.72. The monoisotopic (exact) mass is 753 g/mol. The van der Waals surface area contributed by atoms with Gasteiger partial charge in [0.05, 0.1) is 6.54 Å². The number of anilines is 2. The molecule has 10 nitrogen and oxygen atoms in total. The fourth-order valence-electron chi connectivity index (χ4n) is 8.73. The van der Waals surface area contributed by atoms with Crippen molar-refractivity contribution >= 4 is 34.5 Å². The van der Waals surface area contributed by atoms with E-state index in [1.54, 1.807) is 21.9 Å². The molecule has 0 bridgehead atoms. The molecule has 1 spiro atoms. The van der Waals surface area contributed by atoms with E-state index in [4.69, 9.17) is 30.6 Å². The normalized spacial score (nSPS) is 23.6. The van der Waals surface area contributed by atoms with Crippen molar-refractivity contribution in [2.75, 3.05) is 56.5 Å². The number of likely N-dealkylation sites (tertiary alicyclic amines) is 2. The van der Waals surface area contributed by atoms with Gasteiger partial charge in [-0.2, -0.15) is 23.1 Å². The topological polar surface area (TPSA) is 121 Å². The minimum atomic E-state index is -4.67. The largest absolute Gasteiger partial charge is 0.481 e. The number of nitrogens with two attached hydrogens (primary N) is 1. The number of amides is 1. The quantitative estimate of drug-likeness (QED) is 0.0997. The first-order valence-electron chi connectivity index (χ1n) is 18.6. The summed E-state index contributed by atoms with van der Waals surface area (Å²) in [6, 6.07) is 5.32. The summed E-state index contributed by atoms with van der Waals surface area (Å²) in [6.45, 7) is 6.32. The zero-order valence-electron chi connectivity index (χ0n) is 30.2. The summed E-state index contributed by atoms with van der Waals surface area (Å²) in [4.78, 5) is 27.6. The second-order valence-corrected chi connectivity index (χ2v) is 15.8. The lowest BCUT2D eigenvalue weighted by Crippen LogP contribution is -2.61. The minimum absolute atomic E-state index is 0.0297. The summed E-state index contributed by atoms with van der Waals surface area (Å²) < 4.78 is 82.1. The average Bonchev–Trinajstić information content (AvgIpc) is 3.89. The molecule has 3 aliphatic heterocycles. The summed E-state index contributed by atoms with van der Waals surface area (Å²) in [7, 11) is 0. The summed E-state index contributed by atoms with van der Waals surface area (Å²) in [5.41, 5.74) is 9.58. The van der Waals surface area contributed by atoms with Crippen molar-refractivity contribution in [2.24, 2.45) is 5.41 Å². The molecule has 54 heavy (non-hydrogen) atoms. The van der Waals surface area contributed by atoms with Crippen LogP contribution in [0.3, 0.4) is 0 Å². The van der Waals surface area contributed by atoms with Crippen molar-refractivity contribution in [3.63, 3.8) is 0 Å². The molecular weight excluding hydrogens is 709 g/mol. The first-order chi connectivity index (χ1) is 25.7. The van der Waals surface area contributed by atoms with Gasteiger partial charge in [0.2, 0.25) is 5.91 Å². The van der Waals surface area contributed by atoms with Crippen LogP contribution in [-0.2, 0) is 4.79 Å². The number of hydrogen-bond acceptors (Lipinski definition) is 9. The number of aromatic nitrogens is 2. The van der Waals surface area contributed by atoms with E-state index in [0.717, 1.165) is 37.5 Å². The van der Waals surface area contributed by atoms with E-state index in [2.05, 4.69) is 11.5 Å². The Bertz CT molecular complexity index is 2000. The lowest BCUT2D eigenvalue weighted by molar-refractivity contribution is -0.153. The molecule has 3 saturated heterocycles. The zero-order chi connectivity index (χ0) is 38.2. The Morgan fingerprint density at radius 2 is 1.80 bits per heavy atom. The molecule has 1 amide bonds. The number of rotatable bonds is 10. The van der Waals surface area contributed by atoms with E-state index in [0.29, 0.717) is 84.7 Å². The third kappa shape index (κ3) is 6.83. The molecule has 4 heterocycles. The van der Waals surface area contributed by atoms with E-state index in [1.807, 2.05) is 13.0 Å². The molecule has 2 saturated carbocycles. The fraction of sp³-hybridized carbons (Fsp3) is 0.538. The van der Waals surface area contributed by atoms with Gasteiger partial charge in [-0.05, 0) is 73.4 Å². The van der Waals surface area contributed by atoms with Crippen LogP contribution in [-0.4, -0.2) is 102 Å². The number of benzene rings is 2.